The molecule has 110 valence electrons. The lowest BCUT2D eigenvalue weighted by atomic mass is 10.3. The van der Waals surface area contributed by atoms with Crippen molar-refractivity contribution in [1.82, 2.24) is 30.4 Å². The van der Waals surface area contributed by atoms with E-state index in [0.29, 0.717) is 5.92 Å². The van der Waals surface area contributed by atoms with Gasteiger partial charge in [-0.25, -0.2) is 0 Å². The molecule has 1 aromatic heterocycles. The zero-order valence-electron chi connectivity index (χ0n) is 12.0. The van der Waals surface area contributed by atoms with E-state index in [1.54, 1.807) is 0 Å². The Balaban J connectivity index is 1.43. The van der Waals surface area contributed by atoms with Crippen molar-refractivity contribution in [3.8, 4) is 0 Å². The first kappa shape index (κ1) is 13.5. The van der Waals surface area contributed by atoms with Crippen LogP contribution < -0.4 is 5.32 Å². The van der Waals surface area contributed by atoms with Crippen molar-refractivity contribution < 1.29 is 4.79 Å². The smallest absolute Gasteiger partial charge is 0.243 e. The van der Waals surface area contributed by atoms with Gasteiger partial charge in [0.15, 0.2) is 5.82 Å². The summed E-state index contributed by atoms with van der Waals surface area (Å²) in [6, 6.07) is 0.159. The van der Waals surface area contributed by atoms with Crippen molar-refractivity contribution >= 4 is 5.91 Å². The van der Waals surface area contributed by atoms with Crippen LogP contribution in [0.25, 0.3) is 0 Å². The number of nitrogens with zero attached hydrogens (tertiary/aromatic N) is 5. The second-order valence-corrected chi connectivity index (χ2v) is 5.93. The van der Waals surface area contributed by atoms with Gasteiger partial charge in [0.05, 0.1) is 0 Å². The van der Waals surface area contributed by atoms with Crippen molar-refractivity contribution in [2.75, 3.05) is 19.6 Å². The van der Waals surface area contributed by atoms with Crippen LogP contribution in [-0.4, -0.2) is 56.7 Å². The molecule has 1 aliphatic carbocycles. The maximum atomic E-state index is 11.9. The van der Waals surface area contributed by atoms with Crippen LogP contribution in [0.2, 0.25) is 0 Å². The lowest BCUT2D eigenvalue weighted by molar-refractivity contribution is -0.122. The SMILES string of the molecule is CC(CN1CCCC1)NC(=O)Cn1nnc(C2CC2)n1. The van der Waals surface area contributed by atoms with Gasteiger partial charge in [0, 0.05) is 18.5 Å². The van der Waals surface area contributed by atoms with Gasteiger partial charge in [0.25, 0.3) is 0 Å². The highest BCUT2D eigenvalue weighted by Crippen LogP contribution is 2.37. The summed E-state index contributed by atoms with van der Waals surface area (Å²) < 4.78 is 0. The third-order valence-electron chi connectivity index (χ3n) is 3.83. The van der Waals surface area contributed by atoms with Gasteiger partial charge in [-0.05, 0) is 50.9 Å². The van der Waals surface area contributed by atoms with Crippen molar-refractivity contribution in [2.24, 2.45) is 0 Å². The fourth-order valence-corrected chi connectivity index (χ4v) is 2.67. The Morgan fingerprint density at radius 2 is 2.15 bits per heavy atom. The molecule has 1 aromatic rings. The largest absolute Gasteiger partial charge is 0.351 e. The summed E-state index contributed by atoms with van der Waals surface area (Å²) in [5.41, 5.74) is 0. The van der Waals surface area contributed by atoms with Crippen LogP contribution in [0.4, 0.5) is 0 Å². The summed E-state index contributed by atoms with van der Waals surface area (Å²) >= 11 is 0. The van der Waals surface area contributed by atoms with Crippen LogP contribution in [0.3, 0.4) is 0 Å². The van der Waals surface area contributed by atoms with E-state index in [4.69, 9.17) is 0 Å². The maximum absolute atomic E-state index is 11.9. The van der Waals surface area contributed by atoms with Crippen LogP contribution in [0.5, 0.6) is 0 Å². The number of hydrogen-bond donors (Lipinski definition) is 1. The standard InChI is InChI=1S/C13H22N6O/c1-10(8-18-6-2-3-7-18)14-12(20)9-19-16-13(15-17-19)11-4-5-11/h10-11H,2-9H2,1H3,(H,14,20). The fraction of sp³-hybridized carbons (Fsp3) is 0.846. The molecule has 1 N–H and O–H groups in total. The number of likely N-dealkylation sites (tertiary alicyclic amines) is 1. The van der Waals surface area contributed by atoms with E-state index in [1.807, 2.05) is 6.92 Å². The highest BCUT2D eigenvalue weighted by molar-refractivity contribution is 5.75. The molecule has 0 aromatic carbocycles. The summed E-state index contributed by atoms with van der Waals surface area (Å²) in [6.45, 7) is 5.42. The highest BCUT2D eigenvalue weighted by Gasteiger charge is 2.28. The Labute approximate surface area is 118 Å². The predicted octanol–water partition coefficient (Wildman–Crippen LogP) is 0.151. The Morgan fingerprint density at radius 1 is 1.40 bits per heavy atom. The molecule has 3 rings (SSSR count). The molecule has 1 unspecified atom stereocenters. The first-order valence-corrected chi connectivity index (χ1v) is 7.50. The topological polar surface area (TPSA) is 75.9 Å². The molecule has 20 heavy (non-hydrogen) atoms. The molecule has 1 amide bonds. The number of carbonyl (C=O) groups excluding carboxylic acids is 1. The molecule has 0 radical (unpaired) electrons. The lowest BCUT2D eigenvalue weighted by Crippen LogP contribution is -2.42. The monoisotopic (exact) mass is 278 g/mol. The molecule has 0 spiro atoms. The summed E-state index contributed by atoms with van der Waals surface area (Å²) in [5.74, 6) is 1.21. The minimum Gasteiger partial charge on any atom is -0.351 e. The molecule has 1 aliphatic heterocycles. The van der Waals surface area contributed by atoms with Gasteiger partial charge in [0.2, 0.25) is 5.91 Å². The first-order valence-electron chi connectivity index (χ1n) is 7.50. The molecule has 1 saturated heterocycles. The number of aromatic nitrogens is 4. The third kappa shape index (κ3) is 3.53. The van der Waals surface area contributed by atoms with E-state index in [9.17, 15) is 4.79 Å². The van der Waals surface area contributed by atoms with Crippen LogP contribution >= 0.6 is 0 Å². The minimum atomic E-state index is -0.0450. The lowest BCUT2D eigenvalue weighted by Gasteiger charge is -2.20. The highest BCUT2D eigenvalue weighted by atomic mass is 16.2. The van der Waals surface area contributed by atoms with E-state index in [2.05, 4.69) is 25.6 Å². The van der Waals surface area contributed by atoms with Crippen molar-refractivity contribution in [3.05, 3.63) is 5.82 Å². The van der Waals surface area contributed by atoms with Gasteiger partial charge in [-0.2, -0.15) is 4.80 Å². The molecule has 1 saturated carbocycles. The Bertz CT molecular complexity index is 463. The fourth-order valence-electron chi connectivity index (χ4n) is 2.67. The zero-order chi connectivity index (χ0) is 13.9. The van der Waals surface area contributed by atoms with Gasteiger partial charge in [-0.1, -0.05) is 0 Å². The summed E-state index contributed by atoms with van der Waals surface area (Å²) in [6.07, 6.45) is 4.83. The normalized spacial score (nSPS) is 21.1. The molecule has 1 atom stereocenters. The van der Waals surface area contributed by atoms with Gasteiger partial charge in [0.1, 0.15) is 6.54 Å². The minimum absolute atomic E-state index is 0.0450. The average molecular weight is 278 g/mol. The molecule has 2 aliphatic rings. The van der Waals surface area contributed by atoms with E-state index in [-0.39, 0.29) is 18.5 Å². The van der Waals surface area contributed by atoms with Crippen molar-refractivity contribution in [3.63, 3.8) is 0 Å². The second-order valence-electron chi connectivity index (χ2n) is 5.93. The summed E-state index contributed by atoms with van der Waals surface area (Å²) in [7, 11) is 0. The molecule has 7 heteroatoms. The molecular formula is C13H22N6O. The van der Waals surface area contributed by atoms with Crippen LogP contribution in [-0.2, 0) is 11.3 Å². The van der Waals surface area contributed by atoms with Crippen LogP contribution in [0, 0.1) is 0 Å². The number of tetrazole rings is 1. The number of nitrogens with one attached hydrogen (secondary N) is 1. The molecule has 2 fully saturated rings. The van der Waals surface area contributed by atoms with Crippen LogP contribution in [0.1, 0.15) is 44.3 Å². The summed E-state index contributed by atoms with van der Waals surface area (Å²) in [4.78, 5) is 15.7. The number of amides is 1. The summed E-state index contributed by atoms with van der Waals surface area (Å²) in [5, 5.41) is 15.2. The Kier molecular flexibility index (Phi) is 3.95. The molecule has 7 nitrogen and oxygen atoms in total. The number of carbonyl (C=O) groups is 1. The van der Waals surface area contributed by atoms with Crippen molar-refractivity contribution in [1.29, 1.82) is 0 Å². The number of rotatable bonds is 6. The average Bonchev–Trinajstić information content (AvgIpc) is 2.93. The van der Waals surface area contributed by atoms with Gasteiger partial charge < -0.3 is 10.2 Å². The van der Waals surface area contributed by atoms with E-state index < -0.39 is 0 Å². The van der Waals surface area contributed by atoms with Gasteiger partial charge >= 0.3 is 0 Å². The van der Waals surface area contributed by atoms with E-state index in [0.717, 1.165) is 38.3 Å². The molecule has 0 bridgehead atoms. The maximum Gasteiger partial charge on any atom is 0.243 e. The molecular weight excluding hydrogens is 256 g/mol. The zero-order valence-corrected chi connectivity index (χ0v) is 12.0. The number of hydrogen-bond acceptors (Lipinski definition) is 5. The third-order valence-corrected chi connectivity index (χ3v) is 3.83. The van der Waals surface area contributed by atoms with Crippen molar-refractivity contribution in [2.45, 2.75) is 51.1 Å². The quantitative estimate of drug-likeness (QED) is 0.801. The van der Waals surface area contributed by atoms with Gasteiger partial charge in [-0.15, -0.1) is 10.2 Å². The molecule has 2 heterocycles. The van der Waals surface area contributed by atoms with Crippen LogP contribution in [0.15, 0.2) is 0 Å². The Hall–Kier alpha value is -1.50. The van der Waals surface area contributed by atoms with E-state index in [1.165, 1.54) is 17.6 Å². The van der Waals surface area contributed by atoms with E-state index >= 15 is 0 Å². The Morgan fingerprint density at radius 3 is 2.85 bits per heavy atom. The van der Waals surface area contributed by atoms with Gasteiger partial charge in [-0.3, -0.25) is 4.79 Å². The first-order chi connectivity index (χ1) is 9.70. The predicted molar refractivity (Wildman–Crippen MR) is 73.1 cm³/mol. The second kappa shape index (κ2) is 5.87.